The molecule has 0 radical (unpaired) electrons. The number of halogens is 2. The average molecular weight is 335 g/mol. The summed E-state index contributed by atoms with van der Waals surface area (Å²) in [5, 5.41) is 3.31. The van der Waals surface area contributed by atoms with Gasteiger partial charge < -0.3 is 9.73 Å². The minimum Gasteiger partial charge on any atom is -0.469 e. The number of nitrogens with one attached hydrogen (secondary N) is 1. The molecule has 2 heterocycles. The maximum Gasteiger partial charge on any atom is 0.108 e. The zero-order valence-electron chi connectivity index (χ0n) is 9.59. The lowest BCUT2D eigenvalue weighted by Crippen LogP contribution is -2.17. The number of rotatable bonds is 4. The SMILES string of the molecule is CCc1occc1C(NC)c1cc(Br)c(Cl)s1. The molecule has 0 aromatic carbocycles. The van der Waals surface area contributed by atoms with Crippen molar-refractivity contribution in [2.45, 2.75) is 19.4 Å². The highest BCUT2D eigenvalue weighted by Crippen LogP contribution is 2.38. The molecule has 0 aliphatic heterocycles. The van der Waals surface area contributed by atoms with Crippen molar-refractivity contribution in [3.8, 4) is 0 Å². The molecule has 0 saturated carbocycles. The maximum absolute atomic E-state index is 6.09. The lowest BCUT2D eigenvalue weighted by atomic mass is 10.1. The van der Waals surface area contributed by atoms with Crippen LogP contribution in [0.4, 0.5) is 0 Å². The molecule has 0 amide bonds. The molecule has 0 aliphatic rings. The predicted octanol–water partition coefficient (Wildman–Crippen LogP) is 4.63. The van der Waals surface area contributed by atoms with E-state index >= 15 is 0 Å². The molecule has 2 nitrogen and oxygen atoms in total. The first-order valence-corrected chi connectivity index (χ1v) is 7.34. The molecule has 0 aliphatic carbocycles. The quantitative estimate of drug-likeness (QED) is 0.882. The molecule has 5 heteroatoms. The van der Waals surface area contributed by atoms with Crippen molar-refractivity contribution in [1.29, 1.82) is 0 Å². The molecular weight excluding hydrogens is 322 g/mol. The highest BCUT2D eigenvalue weighted by molar-refractivity contribution is 9.10. The first kappa shape index (κ1) is 13.1. The lowest BCUT2D eigenvalue weighted by molar-refractivity contribution is 0.505. The minimum absolute atomic E-state index is 0.137. The van der Waals surface area contributed by atoms with Crippen molar-refractivity contribution in [2.24, 2.45) is 0 Å². The molecule has 17 heavy (non-hydrogen) atoms. The van der Waals surface area contributed by atoms with Crippen molar-refractivity contribution in [2.75, 3.05) is 7.05 Å². The summed E-state index contributed by atoms with van der Waals surface area (Å²) in [6.45, 7) is 2.09. The third kappa shape index (κ3) is 2.60. The highest BCUT2D eigenvalue weighted by atomic mass is 79.9. The van der Waals surface area contributed by atoms with E-state index < -0.39 is 0 Å². The third-order valence-corrected chi connectivity index (χ3v) is 5.19. The van der Waals surface area contributed by atoms with Gasteiger partial charge in [0.2, 0.25) is 0 Å². The van der Waals surface area contributed by atoms with Gasteiger partial charge in [-0.2, -0.15) is 0 Å². The molecule has 0 bridgehead atoms. The molecule has 2 aromatic rings. The van der Waals surface area contributed by atoms with Crippen LogP contribution >= 0.6 is 38.9 Å². The fraction of sp³-hybridized carbons (Fsp3) is 0.333. The van der Waals surface area contributed by atoms with Crippen molar-refractivity contribution in [3.63, 3.8) is 0 Å². The van der Waals surface area contributed by atoms with Crippen LogP contribution in [0, 0.1) is 0 Å². The number of furan rings is 1. The number of hydrogen-bond donors (Lipinski definition) is 1. The van der Waals surface area contributed by atoms with Crippen LogP contribution in [0.1, 0.15) is 29.2 Å². The van der Waals surface area contributed by atoms with Crippen LogP contribution in [0.3, 0.4) is 0 Å². The van der Waals surface area contributed by atoms with Crippen LogP contribution in [-0.4, -0.2) is 7.05 Å². The zero-order chi connectivity index (χ0) is 12.4. The second kappa shape index (κ2) is 5.57. The average Bonchev–Trinajstić information content (AvgIpc) is 2.89. The van der Waals surface area contributed by atoms with Crippen LogP contribution in [0.15, 0.2) is 27.3 Å². The van der Waals surface area contributed by atoms with Crippen LogP contribution in [0.2, 0.25) is 4.34 Å². The Labute approximate surface area is 118 Å². The maximum atomic E-state index is 6.09. The summed E-state index contributed by atoms with van der Waals surface area (Å²) in [7, 11) is 1.94. The largest absolute Gasteiger partial charge is 0.469 e. The second-order valence-electron chi connectivity index (χ2n) is 3.64. The van der Waals surface area contributed by atoms with Crippen LogP contribution in [0.5, 0.6) is 0 Å². The van der Waals surface area contributed by atoms with E-state index in [1.54, 1.807) is 17.6 Å². The summed E-state index contributed by atoms with van der Waals surface area (Å²) >= 11 is 11.1. The Balaban J connectivity index is 2.40. The van der Waals surface area contributed by atoms with Gasteiger partial charge in [0.25, 0.3) is 0 Å². The van der Waals surface area contributed by atoms with Crippen molar-refractivity contribution in [1.82, 2.24) is 5.32 Å². The van der Waals surface area contributed by atoms with Gasteiger partial charge in [-0.25, -0.2) is 0 Å². The molecule has 1 atom stereocenters. The van der Waals surface area contributed by atoms with E-state index in [2.05, 4.69) is 34.2 Å². The fourth-order valence-electron chi connectivity index (χ4n) is 1.85. The normalized spacial score (nSPS) is 12.9. The molecular formula is C12H13BrClNOS. The molecule has 2 rings (SSSR count). The van der Waals surface area contributed by atoms with E-state index in [0.29, 0.717) is 0 Å². The molecule has 1 N–H and O–H groups in total. The monoisotopic (exact) mass is 333 g/mol. The molecule has 0 spiro atoms. The van der Waals surface area contributed by atoms with Crippen LogP contribution < -0.4 is 5.32 Å². The lowest BCUT2D eigenvalue weighted by Gasteiger charge is -2.14. The Hall–Kier alpha value is -0.290. The Kier molecular flexibility index (Phi) is 4.31. The Bertz CT molecular complexity index is 489. The Morgan fingerprint density at radius 1 is 1.59 bits per heavy atom. The van der Waals surface area contributed by atoms with E-state index in [0.717, 1.165) is 21.0 Å². The van der Waals surface area contributed by atoms with Crippen LogP contribution in [0.25, 0.3) is 0 Å². The standard InChI is InChI=1S/C12H13BrClNOS/c1-3-9-7(4-5-16-9)11(15-2)10-6-8(13)12(14)17-10/h4-6,11,15H,3H2,1-2H3. The molecule has 2 aromatic heterocycles. The van der Waals surface area contributed by atoms with Gasteiger partial charge in [0.15, 0.2) is 0 Å². The Morgan fingerprint density at radius 2 is 2.35 bits per heavy atom. The van der Waals surface area contributed by atoms with E-state index in [1.165, 1.54) is 10.4 Å². The van der Waals surface area contributed by atoms with Crippen molar-refractivity contribution >= 4 is 38.9 Å². The molecule has 0 fully saturated rings. The number of aryl methyl sites for hydroxylation is 1. The van der Waals surface area contributed by atoms with Crippen molar-refractivity contribution < 1.29 is 4.42 Å². The van der Waals surface area contributed by atoms with Crippen LogP contribution in [-0.2, 0) is 6.42 Å². The number of thiophene rings is 1. The highest BCUT2D eigenvalue weighted by Gasteiger charge is 2.20. The molecule has 92 valence electrons. The fourth-order valence-corrected chi connectivity index (χ4v) is 3.72. The van der Waals surface area contributed by atoms with Crippen molar-refractivity contribution in [3.05, 3.63) is 43.4 Å². The van der Waals surface area contributed by atoms with E-state index in [9.17, 15) is 0 Å². The van der Waals surface area contributed by atoms with Gasteiger partial charge in [-0.3, -0.25) is 0 Å². The van der Waals surface area contributed by atoms with Gasteiger partial charge in [-0.15, -0.1) is 11.3 Å². The topological polar surface area (TPSA) is 25.2 Å². The Morgan fingerprint density at radius 3 is 2.88 bits per heavy atom. The summed E-state index contributed by atoms with van der Waals surface area (Å²) in [4.78, 5) is 1.18. The molecule has 0 saturated heterocycles. The summed E-state index contributed by atoms with van der Waals surface area (Å²) in [6.07, 6.45) is 2.63. The van der Waals surface area contributed by atoms with Gasteiger partial charge >= 0.3 is 0 Å². The van der Waals surface area contributed by atoms with Gasteiger partial charge in [-0.05, 0) is 35.1 Å². The van der Waals surface area contributed by atoms with Gasteiger partial charge in [-0.1, -0.05) is 18.5 Å². The zero-order valence-corrected chi connectivity index (χ0v) is 12.7. The third-order valence-electron chi connectivity index (χ3n) is 2.65. The second-order valence-corrected chi connectivity index (χ2v) is 6.18. The van der Waals surface area contributed by atoms with E-state index in [1.807, 2.05) is 13.1 Å². The smallest absolute Gasteiger partial charge is 0.108 e. The summed E-state index contributed by atoms with van der Waals surface area (Å²) in [6, 6.07) is 4.21. The summed E-state index contributed by atoms with van der Waals surface area (Å²) in [5.41, 5.74) is 1.18. The summed E-state index contributed by atoms with van der Waals surface area (Å²) in [5.74, 6) is 1.02. The van der Waals surface area contributed by atoms with Gasteiger partial charge in [0.05, 0.1) is 12.3 Å². The number of hydrogen-bond acceptors (Lipinski definition) is 3. The van der Waals surface area contributed by atoms with Gasteiger partial charge in [0.1, 0.15) is 10.1 Å². The van der Waals surface area contributed by atoms with E-state index in [4.69, 9.17) is 16.0 Å². The summed E-state index contributed by atoms with van der Waals surface area (Å²) < 4.78 is 7.20. The molecule has 1 unspecified atom stereocenters. The first-order chi connectivity index (χ1) is 8.17. The van der Waals surface area contributed by atoms with E-state index in [-0.39, 0.29) is 6.04 Å². The predicted molar refractivity (Wildman–Crippen MR) is 76.0 cm³/mol. The minimum atomic E-state index is 0.137. The van der Waals surface area contributed by atoms with Gasteiger partial charge in [0, 0.05) is 21.3 Å². The first-order valence-electron chi connectivity index (χ1n) is 5.35.